The van der Waals surface area contributed by atoms with E-state index in [0.717, 1.165) is 33.0 Å². The molecule has 10 aromatic rings. The van der Waals surface area contributed by atoms with E-state index in [4.69, 9.17) is 23.6 Å². The monoisotopic (exact) mass is 664 g/mol. The van der Waals surface area contributed by atoms with Crippen LogP contribution in [0.2, 0.25) is 0 Å². The number of fused-ring (bicyclic) bond motifs is 5. The highest BCUT2D eigenvalue weighted by Crippen LogP contribution is 2.47. The van der Waals surface area contributed by atoms with E-state index in [1.165, 1.54) is 0 Å². The van der Waals surface area contributed by atoms with Crippen molar-refractivity contribution < 1.29 is 26.3 Å². The Balaban J connectivity index is 1.20. The van der Waals surface area contributed by atoms with Gasteiger partial charge in [0.15, 0.2) is 0 Å². The van der Waals surface area contributed by atoms with Gasteiger partial charge in [0.2, 0.25) is 0 Å². The zero-order valence-corrected chi connectivity index (χ0v) is 26.6. The number of rotatable bonds is 5. The second kappa shape index (κ2) is 12.0. The quantitative estimate of drug-likeness (QED) is 0.167. The highest BCUT2D eigenvalue weighted by molar-refractivity contribution is 6.25. The highest BCUT2D eigenvalue weighted by atomic mass is 16.3. The minimum atomic E-state index is -0.684. The van der Waals surface area contributed by atoms with Crippen LogP contribution < -0.4 is 0 Å². The Morgan fingerprint density at radius 1 is 0.333 bits per heavy atom. The molecular formula is C50H32O. The normalized spacial score (nSPS) is 15.9. The third-order valence-corrected chi connectivity index (χ3v) is 9.18. The molecule has 0 saturated carbocycles. The van der Waals surface area contributed by atoms with E-state index in [1.54, 1.807) is 12.1 Å². The van der Waals surface area contributed by atoms with Gasteiger partial charge in [0.25, 0.3) is 0 Å². The molecule has 1 aromatic heterocycles. The van der Waals surface area contributed by atoms with Gasteiger partial charge in [0, 0.05) is 10.8 Å². The van der Waals surface area contributed by atoms with Gasteiger partial charge in [-0.1, -0.05) is 176 Å². The van der Waals surface area contributed by atoms with Crippen LogP contribution in [0.15, 0.2) is 198 Å². The Morgan fingerprint density at radius 2 is 0.824 bits per heavy atom. The van der Waals surface area contributed by atoms with E-state index in [0.29, 0.717) is 21.9 Å². The van der Waals surface area contributed by atoms with Crippen LogP contribution in [0.25, 0.3) is 99.1 Å². The minimum Gasteiger partial charge on any atom is -0.456 e. The fraction of sp³-hybridized carbons (Fsp3) is 0. The molecule has 0 aliphatic carbocycles. The number of hydrogen-bond donors (Lipinski definition) is 0. The maximum Gasteiger partial charge on any atom is 0.136 e. The van der Waals surface area contributed by atoms with E-state index >= 15 is 0 Å². The molecular weight excluding hydrogens is 617 g/mol. The van der Waals surface area contributed by atoms with Crippen LogP contribution in [0.1, 0.15) is 21.9 Å². The molecule has 0 spiro atoms. The average molecular weight is 665 g/mol. The summed E-state index contributed by atoms with van der Waals surface area (Å²) in [5, 5.41) is 2.74. The third kappa shape index (κ3) is 4.94. The molecule has 0 atom stereocenters. The van der Waals surface area contributed by atoms with Crippen LogP contribution >= 0.6 is 0 Å². The summed E-state index contributed by atoms with van der Waals surface area (Å²) in [6, 6.07) is 21.8. The lowest BCUT2D eigenvalue weighted by atomic mass is 9.84. The molecule has 0 saturated heterocycles. The molecule has 1 heteroatoms. The van der Waals surface area contributed by atoms with Gasteiger partial charge in [-0.15, -0.1) is 0 Å². The first-order valence-electron chi connectivity index (χ1n) is 24.2. The molecule has 9 aromatic carbocycles. The third-order valence-electron chi connectivity index (χ3n) is 9.18. The predicted octanol–water partition coefficient (Wildman–Crippen LogP) is 14.2. The van der Waals surface area contributed by atoms with E-state index in [-0.39, 0.29) is 51.2 Å². The maximum atomic E-state index is 9.59. The van der Waals surface area contributed by atoms with Gasteiger partial charge in [-0.05, 0) is 95.3 Å². The first kappa shape index (κ1) is 17.3. The van der Waals surface area contributed by atoms with Gasteiger partial charge in [0.1, 0.15) is 11.2 Å². The van der Waals surface area contributed by atoms with Crippen molar-refractivity contribution in [1.82, 2.24) is 0 Å². The zero-order chi connectivity index (χ0) is 47.7. The largest absolute Gasteiger partial charge is 0.456 e. The second-order valence-electron chi connectivity index (χ2n) is 12.0. The molecule has 0 N–H and O–H groups in total. The van der Waals surface area contributed by atoms with Crippen molar-refractivity contribution in [2.75, 3.05) is 0 Å². The Kier molecular flexibility index (Phi) is 4.07. The van der Waals surface area contributed by atoms with Crippen LogP contribution in [0, 0.1) is 0 Å². The molecule has 1 heterocycles. The van der Waals surface area contributed by atoms with Gasteiger partial charge in [0.05, 0.1) is 21.9 Å². The Labute approximate surface area is 319 Å². The maximum absolute atomic E-state index is 9.59. The fourth-order valence-corrected chi connectivity index (χ4v) is 6.90. The number of hydrogen-bond acceptors (Lipinski definition) is 1. The summed E-state index contributed by atoms with van der Waals surface area (Å²) < 4.78 is 144. The Bertz CT molecular complexity index is 3690. The lowest BCUT2D eigenvalue weighted by molar-refractivity contribution is 0.669. The molecule has 0 fully saturated rings. The van der Waals surface area contributed by atoms with Gasteiger partial charge in [-0.2, -0.15) is 0 Å². The molecule has 0 aliphatic heterocycles. The fourth-order valence-electron chi connectivity index (χ4n) is 6.90. The minimum absolute atomic E-state index is 0.0399. The zero-order valence-electron chi connectivity index (χ0n) is 42.6. The van der Waals surface area contributed by atoms with Crippen LogP contribution in [0.3, 0.4) is 0 Å². The van der Waals surface area contributed by atoms with Gasteiger partial charge >= 0.3 is 0 Å². The van der Waals surface area contributed by atoms with Crippen LogP contribution in [-0.2, 0) is 0 Å². The van der Waals surface area contributed by atoms with Gasteiger partial charge < -0.3 is 4.42 Å². The van der Waals surface area contributed by atoms with Gasteiger partial charge in [-0.25, -0.2) is 0 Å². The van der Waals surface area contributed by atoms with Crippen molar-refractivity contribution >= 4 is 43.5 Å². The molecule has 0 bridgehead atoms. The molecule has 0 radical (unpaired) electrons. The highest BCUT2D eigenvalue weighted by Gasteiger charge is 2.20. The van der Waals surface area contributed by atoms with Crippen molar-refractivity contribution in [2.45, 2.75) is 0 Å². The topological polar surface area (TPSA) is 13.1 Å². The summed E-state index contributed by atoms with van der Waals surface area (Å²) in [7, 11) is 0. The Hall–Kier alpha value is -6.70. The van der Waals surface area contributed by atoms with E-state index in [2.05, 4.69) is 0 Å². The van der Waals surface area contributed by atoms with Crippen LogP contribution in [-0.4, -0.2) is 0 Å². The standard InChI is InChI=1S/C50H32O/c1-3-12-33(13-4-1)35-22-24-36(25-23-35)37-26-28-38(29-27-37)48-40-16-7-9-18-42(40)49(43-19-10-8-17-41(43)48)44-20-11-21-47-50(44)45-32-39(30-31-46(45)51-47)34-14-5-2-6-15-34/h1-32H/i1D,2D,3D,4D,5D,6D,11D,12D,13D,14D,15D,20D,21D,30D,31D,32D. The lowest BCUT2D eigenvalue weighted by Crippen LogP contribution is -1.91. The molecule has 238 valence electrons. The van der Waals surface area contributed by atoms with Crippen molar-refractivity contribution in [3.05, 3.63) is 194 Å². The van der Waals surface area contributed by atoms with E-state index in [9.17, 15) is 2.74 Å². The predicted molar refractivity (Wildman–Crippen MR) is 216 cm³/mol. The summed E-state index contributed by atoms with van der Waals surface area (Å²) in [5.41, 5.74) is 3.21. The number of furan rings is 1. The summed E-state index contributed by atoms with van der Waals surface area (Å²) >= 11 is 0. The molecule has 0 unspecified atom stereocenters. The SMILES string of the molecule is [2H]c1c([2H])c([2H])c(-c2ccc(-c3ccc(-c4c5ccccc5c(-c5c([2H])c([2H])c([2H])c6oc7c([2H])c([2H])c(-c8c([2H])c([2H])c([2H])c([2H])c8[2H])c([2H])c7c56)c5ccccc45)cc3)cc2)c([2H])c1[2H]. The second-order valence-corrected chi connectivity index (χ2v) is 12.0. The first-order valence-corrected chi connectivity index (χ1v) is 16.2. The summed E-state index contributed by atoms with van der Waals surface area (Å²) in [6.45, 7) is 0. The van der Waals surface area contributed by atoms with Crippen LogP contribution in [0.5, 0.6) is 0 Å². The van der Waals surface area contributed by atoms with Crippen LogP contribution in [0.4, 0.5) is 0 Å². The summed E-state index contributed by atoms with van der Waals surface area (Å²) in [4.78, 5) is 0. The van der Waals surface area contributed by atoms with Crippen molar-refractivity contribution in [3.8, 4) is 55.6 Å². The molecule has 0 aliphatic rings. The molecule has 51 heavy (non-hydrogen) atoms. The Morgan fingerprint density at radius 3 is 1.39 bits per heavy atom. The van der Waals surface area contributed by atoms with E-state index in [1.807, 2.05) is 84.9 Å². The molecule has 10 rings (SSSR count). The number of benzene rings is 9. The summed E-state index contributed by atoms with van der Waals surface area (Å²) in [5.74, 6) is 0. The molecule has 0 amide bonds. The van der Waals surface area contributed by atoms with Crippen molar-refractivity contribution in [3.63, 3.8) is 0 Å². The van der Waals surface area contributed by atoms with Crippen molar-refractivity contribution in [2.24, 2.45) is 0 Å². The first-order chi connectivity index (χ1) is 32.0. The average Bonchev–Trinajstić information content (AvgIpc) is 3.74. The van der Waals surface area contributed by atoms with E-state index < -0.39 is 89.7 Å². The summed E-state index contributed by atoms with van der Waals surface area (Å²) in [6.07, 6.45) is 0. The smallest absolute Gasteiger partial charge is 0.136 e. The van der Waals surface area contributed by atoms with Crippen molar-refractivity contribution in [1.29, 1.82) is 0 Å². The lowest BCUT2D eigenvalue weighted by Gasteiger charge is -2.18. The molecule has 1 nitrogen and oxygen atoms in total. The van der Waals surface area contributed by atoms with Gasteiger partial charge in [-0.3, -0.25) is 0 Å².